The van der Waals surface area contributed by atoms with E-state index < -0.39 is 0 Å². The van der Waals surface area contributed by atoms with Crippen LogP contribution in [0.25, 0.3) is 0 Å². The molecule has 0 aliphatic carbocycles. The summed E-state index contributed by atoms with van der Waals surface area (Å²) >= 11 is 5.11. The number of nitrogens with one attached hydrogen (secondary N) is 1. The smallest absolute Gasteiger partial charge is 0.146 e. The van der Waals surface area contributed by atoms with E-state index in [1.54, 1.807) is 30.6 Å². The highest BCUT2D eigenvalue weighted by Gasteiger charge is 2.13. The molecule has 0 radical (unpaired) electrons. The van der Waals surface area contributed by atoms with Gasteiger partial charge in [0.25, 0.3) is 0 Å². The molecule has 1 unspecified atom stereocenters. The molecule has 96 valence electrons. The summed E-state index contributed by atoms with van der Waals surface area (Å²) in [5.74, 6) is 0.353. The van der Waals surface area contributed by atoms with Crippen molar-refractivity contribution in [1.82, 2.24) is 0 Å². The summed E-state index contributed by atoms with van der Waals surface area (Å²) in [6.07, 6.45) is 0. The first-order chi connectivity index (χ1) is 8.61. The van der Waals surface area contributed by atoms with Gasteiger partial charge in [-0.1, -0.05) is 0 Å². The summed E-state index contributed by atoms with van der Waals surface area (Å²) in [5.41, 5.74) is 0.446. The molecule has 1 aromatic heterocycles. The lowest BCUT2D eigenvalue weighted by molar-refractivity contribution is 0.414. The van der Waals surface area contributed by atoms with Crippen LogP contribution in [0.3, 0.4) is 0 Å². The summed E-state index contributed by atoms with van der Waals surface area (Å²) in [5, 5.41) is 5.15. The molecule has 1 aromatic carbocycles. The molecule has 0 saturated heterocycles. The van der Waals surface area contributed by atoms with Gasteiger partial charge < -0.3 is 10.1 Å². The van der Waals surface area contributed by atoms with Crippen molar-refractivity contribution >= 4 is 33.0 Å². The summed E-state index contributed by atoms with van der Waals surface area (Å²) in [4.78, 5) is 1.14. The van der Waals surface area contributed by atoms with Crippen LogP contribution in [0.5, 0.6) is 5.75 Å². The highest BCUT2D eigenvalue weighted by Crippen LogP contribution is 2.32. The van der Waals surface area contributed by atoms with Crippen LogP contribution in [0, 0.1) is 5.82 Å². The van der Waals surface area contributed by atoms with Crippen molar-refractivity contribution in [2.75, 3.05) is 12.4 Å². The summed E-state index contributed by atoms with van der Waals surface area (Å²) in [6.45, 7) is 2.00. The Kier molecular flexibility index (Phi) is 4.24. The Morgan fingerprint density at radius 3 is 2.78 bits per heavy atom. The maximum Gasteiger partial charge on any atom is 0.146 e. The number of thiophene rings is 1. The highest BCUT2D eigenvalue weighted by atomic mass is 79.9. The van der Waals surface area contributed by atoms with Crippen molar-refractivity contribution in [1.29, 1.82) is 0 Å². The Labute approximate surface area is 118 Å². The maximum atomic E-state index is 13.7. The predicted molar refractivity (Wildman–Crippen MR) is 77.0 cm³/mol. The highest BCUT2D eigenvalue weighted by molar-refractivity contribution is 9.10. The average molecular weight is 330 g/mol. The number of hydrogen-bond donors (Lipinski definition) is 1. The molecule has 0 bridgehead atoms. The molecule has 2 rings (SSSR count). The van der Waals surface area contributed by atoms with Gasteiger partial charge in [0.1, 0.15) is 11.6 Å². The van der Waals surface area contributed by atoms with Gasteiger partial charge >= 0.3 is 0 Å². The Morgan fingerprint density at radius 1 is 1.39 bits per heavy atom. The second-order valence-corrected chi connectivity index (χ2v) is 5.65. The van der Waals surface area contributed by atoms with Crippen molar-refractivity contribution in [3.05, 3.63) is 44.8 Å². The van der Waals surface area contributed by atoms with Gasteiger partial charge in [0.05, 0.1) is 18.8 Å². The fourth-order valence-electron chi connectivity index (χ4n) is 1.66. The van der Waals surface area contributed by atoms with Crippen LogP contribution in [0.2, 0.25) is 0 Å². The molecule has 0 saturated carbocycles. The van der Waals surface area contributed by atoms with E-state index in [0.717, 1.165) is 9.35 Å². The largest absolute Gasteiger partial charge is 0.497 e. The average Bonchev–Trinajstić information content (AvgIpc) is 2.78. The molecule has 2 nitrogen and oxygen atoms in total. The minimum atomic E-state index is -0.282. The van der Waals surface area contributed by atoms with E-state index in [-0.39, 0.29) is 11.9 Å². The molecule has 1 N–H and O–H groups in total. The number of halogens is 2. The lowest BCUT2D eigenvalue weighted by Gasteiger charge is -2.15. The van der Waals surface area contributed by atoms with Gasteiger partial charge in [0.15, 0.2) is 0 Å². The molecular weight excluding hydrogens is 317 g/mol. The zero-order valence-electron chi connectivity index (χ0n) is 10.0. The Bertz CT molecular complexity index is 544. The number of benzene rings is 1. The first kappa shape index (κ1) is 13.4. The van der Waals surface area contributed by atoms with Gasteiger partial charge in [-0.05, 0) is 46.4 Å². The van der Waals surface area contributed by atoms with E-state index in [4.69, 9.17) is 4.74 Å². The zero-order valence-corrected chi connectivity index (χ0v) is 12.4. The molecule has 0 aliphatic heterocycles. The van der Waals surface area contributed by atoms with Gasteiger partial charge in [-0.3, -0.25) is 0 Å². The number of ether oxygens (including phenoxy) is 1. The Balaban J connectivity index is 2.21. The number of methoxy groups -OCH3 is 1. The van der Waals surface area contributed by atoms with E-state index >= 15 is 0 Å². The summed E-state index contributed by atoms with van der Waals surface area (Å²) in [6, 6.07) is 6.68. The molecule has 0 amide bonds. The van der Waals surface area contributed by atoms with Crippen molar-refractivity contribution in [2.24, 2.45) is 0 Å². The van der Waals surface area contributed by atoms with Crippen LogP contribution in [0.1, 0.15) is 17.8 Å². The normalized spacial score (nSPS) is 12.2. The van der Waals surface area contributed by atoms with Crippen molar-refractivity contribution in [2.45, 2.75) is 13.0 Å². The van der Waals surface area contributed by atoms with E-state index in [9.17, 15) is 4.39 Å². The van der Waals surface area contributed by atoms with Gasteiger partial charge in [0.2, 0.25) is 0 Å². The van der Waals surface area contributed by atoms with Crippen LogP contribution in [0.15, 0.2) is 34.1 Å². The van der Waals surface area contributed by atoms with Gasteiger partial charge in [-0.25, -0.2) is 4.39 Å². The van der Waals surface area contributed by atoms with Crippen LogP contribution in [-0.2, 0) is 0 Å². The number of rotatable bonds is 4. The number of hydrogen-bond acceptors (Lipinski definition) is 3. The van der Waals surface area contributed by atoms with Crippen molar-refractivity contribution in [3.8, 4) is 5.75 Å². The van der Waals surface area contributed by atoms with Crippen LogP contribution >= 0.6 is 27.3 Å². The molecule has 0 aliphatic rings. The van der Waals surface area contributed by atoms with Crippen molar-refractivity contribution in [3.63, 3.8) is 0 Å². The van der Waals surface area contributed by atoms with Gasteiger partial charge in [0, 0.05) is 15.4 Å². The standard InChI is InChI=1S/C13H13BrFNOS/c1-8(13-10(14)5-6-18-13)16-12-7-9(17-2)3-4-11(12)15/h3-8,16H,1-2H3. The van der Waals surface area contributed by atoms with Gasteiger partial charge in [-0.15, -0.1) is 11.3 Å². The second-order valence-electron chi connectivity index (χ2n) is 3.84. The topological polar surface area (TPSA) is 21.3 Å². The van der Waals surface area contributed by atoms with Crippen LogP contribution in [-0.4, -0.2) is 7.11 Å². The minimum absolute atomic E-state index is 0.0287. The Morgan fingerprint density at radius 2 is 2.17 bits per heavy atom. The third-order valence-electron chi connectivity index (χ3n) is 2.58. The van der Waals surface area contributed by atoms with Crippen molar-refractivity contribution < 1.29 is 9.13 Å². The van der Waals surface area contributed by atoms with E-state index in [2.05, 4.69) is 21.2 Å². The Hall–Kier alpha value is -1.07. The molecule has 0 fully saturated rings. The first-order valence-corrected chi connectivity index (χ1v) is 7.12. The van der Waals surface area contributed by atoms with E-state index in [1.165, 1.54) is 6.07 Å². The van der Waals surface area contributed by atoms with E-state index in [1.807, 2.05) is 18.4 Å². The predicted octanol–water partition coefficient (Wildman–Crippen LogP) is 4.83. The second kappa shape index (κ2) is 5.71. The summed E-state index contributed by atoms with van der Waals surface area (Å²) < 4.78 is 19.8. The molecule has 5 heteroatoms. The van der Waals surface area contributed by atoms with E-state index in [0.29, 0.717) is 11.4 Å². The third-order valence-corrected chi connectivity index (χ3v) is 4.64. The monoisotopic (exact) mass is 329 g/mol. The van der Waals surface area contributed by atoms with Crippen LogP contribution < -0.4 is 10.1 Å². The molecule has 0 spiro atoms. The fraction of sp³-hybridized carbons (Fsp3) is 0.231. The minimum Gasteiger partial charge on any atom is -0.497 e. The molecule has 1 atom stereocenters. The number of anilines is 1. The van der Waals surface area contributed by atoms with Gasteiger partial charge in [-0.2, -0.15) is 0 Å². The third kappa shape index (κ3) is 2.84. The maximum absolute atomic E-state index is 13.7. The first-order valence-electron chi connectivity index (χ1n) is 5.44. The lowest BCUT2D eigenvalue weighted by Crippen LogP contribution is -2.07. The molecule has 18 heavy (non-hydrogen) atoms. The quantitative estimate of drug-likeness (QED) is 0.867. The molecule has 2 aromatic rings. The zero-order chi connectivity index (χ0) is 13.1. The fourth-order valence-corrected chi connectivity index (χ4v) is 3.38. The molecule has 1 heterocycles. The SMILES string of the molecule is COc1ccc(F)c(NC(C)c2sccc2Br)c1. The molecular formula is C13H13BrFNOS. The van der Waals surface area contributed by atoms with Crippen LogP contribution in [0.4, 0.5) is 10.1 Å². The lowest BCUT2D eigenvalue weighted by atomic mass is 10.2. The summed E-state index contributed by atoms with van der Waals surface area (Å²) in [7, 11) is 1.57.